The second-order valence-corrected chi connectivity index (χ2v) is 8.64. The molecule has 1 heterocycles. The van der Waals surface area contributed by atoms with Crippen LogP contribution in [0, 0.1) is 23.7 Å². The van der Waals surface area contributed by atoms with Crippen LogP contribution in [0.1, 0.15) is 38.2 Å². The molecule has 5 unspecified atom stereocenters. The number of carbonyl (C=O) groups excluding carboxylic acids is 2. The Morgan fingerprint density at radius 2 is 1.77 bits per heavy atom. The number of aliphatic imine (C=N–C) groups is 1. The molecular weight excluding hydrogens is 376 g/mol. The van der Waals surface area contributed by atoms with Gasteiger partial charge in [0.05, 0.1) is 11.8 Å². The number of amides is 2. The van der Waals surface area contributed by atoms with Crippen LogP contribution in [0.5, 0.6) is 0 Å². The minimum absolute atomic E-state index is 0.0408. The van der Waals surface area contributed by atoms with Crippen LogP contribution in [0.15, 0.2) is 47.5 Å². The maximum atomic E-state index is 12.7. The first-order chi connectivity index (χ1) is 14.6. The number of carbonyl (C=O) groups is 2. The Kier molecular flexibility index (Phi) is 6.21. The van der Waals surface area contributed by atoms with E-state index < -0.39 is 0 Å². The third-order valence-corrected chi connectivity index (χ3v) is 6.65. The van der Waals surface area contributed by atoms with Crippen molar-refractivity contribution in [2.24, 2.45) is 28.7 Å². The van der Waals surface area contributed by atoms with Crippen molar-refractivity contribution in [2.45, 2.75) is 32.6 Å². The zero-order chi connectivity index (χ0) is 21.1. The Hall–Kier alpha value is -2.63. The van der Waals surface area contributed by atoms with Crippen molar-refractivity contribution >= 4 is 17.8 Å². The Morgan fingerprint density at radius 1 is 1.10 bits per heavy atom. The molecule has 2 aliphatic carbocycles. The Balaban J connectivity index is 1.25. The zero-order valence-electron chi connectivity index (χ0n) is 17.9. The van der Waals surface area contributed by atoms with E-state index in [1.165, 1.54) is 10.5 Å². The summed E-state index contributed by atoms with van der Waals surface area (Å²) < 4.78 is 0. The maximum absolute atomic E-state index is 12.7. The zero-order valence-corrected chi connectivity index (χ0v) is 17.9. The van der Waals surface area contributed by atoms with Gasteiger partial charge in [-0.3, -0.25) is 19.5 Å². The molecule has 30 heavy (non-hydrogen) atoms. The lowest BCUT2D eigenvalue weighted by Gasteiger charge is -2.18. The summed E-state index contributed by atoms with van der Waals surface area (Å²) in [6.45, 7) is 6.85. The van der Waals surface area contributed by atoms with E-state index in [2.05, 4.69) is 54.0 Å². The van der Waals surface area contributed by atoms with Crippen LogP contribution in [0.25, 0.3) is 0 Å². The Bertz CT molecular complexity index is 805. The molecule has 1 saturated carbocycles. The fraction of sp³-hybridized carbons (Fsp3) is 0.542. The molecule has 5 atom stereocenters. The van der Waals surface area contributed by atoms with Gasteiger partial charge in [0.15, 0.2) is 5.96 Å². The van der Waals surface area contributed by atoms with Gasteiger partial charge in [0.25, 0.3) is 0 Å². The summed E-state index contributed by atoms with van der Waals surface area (Å²) in [6.07, 6.45) is 5.97. The Labute approximate surface area is 178 Å². The average Bonchev–Trinajstić information content (AvgIpc) is 3.44. The van der Waals surface area contributed by atoms with Crippen molar-refractivity contribution in [3.63, 3.8) is 0 Å². The average molecular weight is 409 g/mol. The number of allylic oxidation sites excluding steroid dienone is 2. The molecule has 1 aromatic rings. The summed E-state index contributed by atoms with van der Waals surface area (Å²) in [5, 5.41) is 6.61. The quantitative estimate of drug-likeness (QED) is 0.228. The summed E-state index contributed by atoms with van der Waals surface area (Å²) >= 11 is 0. The molecule has 2 amide bonds. The number of benzene rings is 1. The number of hydrogen-bond acceptors (Lipinski definition) is 3. The first-order valence-corrected chi connectivity index (χ1v) is 11.2. The minimum Gasteiger partial charge on any atom is -0.357 e. The number of likely N-dealkylation sites (tertiary alicyclic amines) is 1. The minimum atomic E-state index is -0.0983. The lowest BCUT2D eigenvalue weighted by Crippen LogP contribution is -2.40. The van der Waals surface area contributed by atoms with Gasteiger partial charge in [0.1, 0.15) is 0 Å². The van der Waals surface area contributed by atoms with E-state index in [1.807, 2.05) is 13.0 Å². The van der Waals surface area contributed by atoms with Crippen LogP contribution >= 0.6 is 0 Å². The van der Waals surface area contributed by atoms with E-state index in [1.54, 1.807) is 0 Å². The molecule has 2 bridgehead atoms. The van der Waals surface area contributed by atoms with Crippen LogP contribution < -0.4 is 10.6 Å². The van der Waals surface area contributed by atoms with Gasteiger partial charge in [-0.1, -0.05) is 49.4 Å². The number of rotatable bonds is 8. The van der Waals surface area contributed by atoms with Crippen molar-refractivity contribution in [1.82, 2.24) is 15.5 Å². The van der Waals surface area contributed by atoms with E-state index >= 15 is 0 Å². The molecule has 6 nitrogen and oxygen atoms in total. The Morgan fingerprint density at radius 3 is 2.40 bits per heavy atom. The standard InChI is InChI=1S/C24H32N4O2/c1-3-25-24(27-15-16(2)17-8-5-4-6-9-17)26-12-7-13-28-22(29)20-18-10-11-19(14-18)21(20)23(28)30/h4-6,8-11,16,18-21H,3,7,12-15H2,1-2H3,(H2,25,26,27). The van der Waals surface area contributed by atoms with Gasteiger partial charge in [0.2, 0.25) is 11.8 Å². The van der Waals surface area contributed by atoms with Crippen molar-refractivity contribution < 1.29 is 9.59 Å². The maximum Gasteiger partial charge on any atom is 0.233 e. The third kappa shape index (κ3) is 4.00. The lowest BCUT2D eigenvalue weighted by atomic mass is 9.85. The van der Waals surface area contributed by atoms with E-state index in [0.29, 0.717) is 25.6 Å². The van der Waals surface area contributed by atoms with Gasteiger partial charge in [0, 0.05) is 32.1 Å². The highest BCUT2D eigenvalue weighted by Crippen LogP contribution is 2.52. The number of guanidine groups is 1. The van der Waals surface area contributed by atoms with Crippen LogP contribution in [-0.4, -0.2) is 48.9 Å². The van der Waals surface area contributed by atoms with E-state index in [4.69, 9.17) is 4.99 Å². The topological polar surface area (TPSA) is 73.8 Å². The fourth-order valence-electron chi connectivity index (χ4n) is 5.09. The number of nitrogens with one attached hydrogen (secondary N) is 2. The molecule has 1 aromatic carbocycles. The first-order valence-electron chi connectivity index (χ1n) is 11.2. The summed E-state index contributed by atoms with van der Waals surface area (Å²) in [6, 6.07) is 10.4. The van der Waals surface area contributed by atoms with Gasteiger partial charge in [-0.2, -0.15) is 0 Å². The number of imide groups is 1. The van der Waals surface area contributed by atoms with Gasteiger partial charge in [-0.15, -0.1) is 0 Å². The molecule has 1 aliphatic heterocycles. The molecule has 2 fully saturated rings. The fourth-order valence-corrected chi connectivity index (χ4v) is 5.09. The monoisotopic (exact) mass is 408 g/mol. The lowest BCUT2D eigenvalue weighted by molar-refractivity contribution is -0.140. The van der Waals surface area contributed by atoms with Gasteiger partial charge >= 0.3 is 0 Å². The number of fused-ring (bicyclic) bond motifs is 5. The van der Waals surface area contributed by atoms with Crippen molar-refractivity contribution in [3.8, 4) is 0 Å². The second-order valence-electron chi connectivity index (χ2n) is 8.64. The van der Waals surface area contributed by atoms with E-state index in [0.717, 1.165) is 25.3 Å². The number of nitrogens with zero attached hydrogens (tertiary/aromatic N) is 2. The van der Waals surface area contributed by atoms with E-state index in [9.17, 15) is 9.59 Å². The molecule has 2 N–H and O–H groups in total. The smallest absolute Gasteiger partial charge is 0.233 e. The SMILES string of the molecule is CCNC(=NCC(C)c1ccccc1)NCCCN1C(=O)C2C3C=CC(C3)C2C1=O. The van der Waals surface area contributed by atoms with Crippen molar-refractivity contribution in [2.75, 3.05) is 26.2 Å². The highest BCUT2D eigenvalue weighted by Gasteiger charge is 2.58. The van der Waals surface area contributed by atoms with Crippen LogP contribution in [0.2, 0.25) is 0 Å². The molecule has 160 valence electrons. The predicted molar refractivity (Wildman–Crippen MR) is 118 cm³/mol. The first kappa shape index (κ1) is 20.6. The molecular formula is C24H32N4O2. The van der Waals surface area contributed by atoms with Crippen LogP contribution in [-0.2, 0) is 9.59 Å². The van der Waals surface area contributed by atoms with E-state index in [-0.39, 0.29) is 35.5 Å². The number of hydrogen-bond donors (Lipinski definition) is 2. The normalized spacial score (nSPS) is 28.2. The van der Waals surface area contributed by atoms with Crippen molar-refractivity contribution in [3.05, 3.63) is 48.0 Å². The van der Waals surface area contributed by atoms with Crippen LogP contribution in [0.4, 0.5) is 0 Å². The highest BCUT2D eigenvalue weighted by molar-refractivity contribution is 6.06. The molecule has 3 aliphatic rings. The summed E-state index contributed by atoms with van der Waals surface area (Å²) in [7, 11) is 0. The largest absolute Gasteiger partial charge is 0.357 e. The second kappa shape index (κ2) is 9.02. The van der Waals surface area contributed by atoms with Gasteiger partial charge < -0.3 is 10.6 Å². The summed E-state index contributed by atoms with van der Waals surface area (Å²) in [5.74, 6) is 1.55. The molecule has 0 spiro atoms. The molecule has 1 saturated heterocycles. The van der Waals surface area contributed by atoms with Crippen LogP contribution in [0.3, 0.4) is 0 Å². The molecule has 0 radical (unpaired) electrons. The predicted octanol–water partition coefficient (Wildman–Crippen LogP) is 2.54. The molecule has 4 rings (SSSR count). The van der Waals surface area contributed by atoms with Gasteiger partial charge in [-0.05, 0) is 37.2 Å². The summed E-state index contributed by atoms with van der Waals surface area (Å²) in [4.78, 5) is 31.7. The van der Waals surface area contributed by atoms with Gasteiger partial charge in [-0.25, -0.2) is 0 Å². The molecule has 6 heteroatoms. The van der Waals surface area contributed by atoms with Crippen molar-refractivity contribution in [1.29, 1.82) is 0 Å². The highest BCUT2D eigenvalue weighted by atomic mass is 16.2. The third-order valence-electron chi connectivity index (χ3n) is 6.65. The summed E-state index contributed by atoms with van der Waals surface area (Å²) in [5.41, 5.74) is 1.28. The molecule has 0 aromatic heterocycles.